The summed E-state index contributed by atoms with van der Waals surface area (Å²) in [6, 6.07) is 0. The zero-order chi connectivity index (χ0) is 24.5. The molecule has 0 bridgehead atoms. The molecule has 6 heteroatoms. The molecule has 1 atom stereocenters. The first-order chi connectivity index (χ1) is 16.0. The van der Waals surface area contributed by atoms with Crippen LogP contribution < -0.4 is 29.6 Å². The first-order valence-corrected chi connectivity index (χ1v) is 16.1. The third-order valence-electron chi connectivity index (χ3n) is 6.84. The number of hydrogen-bond donors (Lipinski definition) is 1. The molecule has 1 unspecified atom stereocenters. The molecule has 4 nitrogen and oxygen atoms in total. The minimum absolute atomic E-state index is 0. The summed E-state index contributed by atoms with van der Waals surface area (Å²) < 4.78 is 31.6. The Kier molecular flexibility index (Phi) is 31.0. The summed E-state index contributed by atoms with van der Waals surface area (Å²) in [6.45, 7) is 2.28. The van der Waals surface area contributed by atoms with Gasteiger partial charge in [-0.15, -0.1) is 0 Å². The molecule has 0 aromatic rings. The van der Waals surface area contributed by atoms with Gasteiger partial charge >= 0.3 is 29.6 Å². The Morgan fingerprint density at radius 3 is 1.06 bits per heavy atom. The van der Waals surface area contributed by atoms with Crippen LogP contribution in [-0.4, -0.2) is 29.9 Å². The van der Waals surface area contributed by atoms with E-state index in [0.717, 1.165) is 12.8 Å². The second kappa shape index (κ2) is 28.4. The van der Waals surface area contributed by atoms with E-state index in [0.29, 0.717) is 6.42 Å². The second-order valence-corrected chi connectivity index (χ2v) is 11.8. The number of unbranched alkanes of at least 4 members (excludes halogenated alkanes) is 22. The maximum Gasteiger partial charge on any atom is 1.00 e. The Morgan fingerprint density at radius 1 is 0.529 bits per heavy atom. The van der Waals surface area contributed by atoms with Gasteiger partial charge in [-0.3, -0.25) is 0 Å². The van der Waals surface area contributed by atoms with Gasteiger partial charge in [-0.1, -0.05) is 155 Å². The zero-order valence-corrected chi connectivity index (χ0v) is 25.9. The fourth-order valence-corrected chi connectivity index (χ4v) is 5.15. The summed E-state index contributed by atoms with van der Waals surface area (Å²) in [4.78, 5) is 0. The molecular formula is C28H57NaO4S. The van der Waals surface area contributed by atoms with Crippen LogP contribution in [0.5, 0.6) is 0 Å². The average molecular weight is 513 g/mol. The molecule has 0 fully saturated rings. The van der Waals surface area contributed by atoms with Crippen molar-refractivity contribution in [2.45, 2.75) is 174 Å². The van der Waals surface area contributed by atoms with Crippen LogP contribution in [-0.2, 0) is 10.1 Å². The Hall–Kier alpha value is 0.870. The van der Waals surface area contributed by atoms with Crippen molar-refractivity contribution in [3.8, 4) is 0 Å². The van der Waals surface area contributed by atoms with E-state index in [4.69, 9.17) is 0 Å². The Labute approximate surface area is 235 Å². The quantitative estimate of drug-likeness (QED) is 0.0874. The zero-order valence-electron chi connectivity index (χ0n) is 23.0. The van der Waals surface area contributed by atoms with Crippen molar-refractivity contribution < 1.29 is 47.6 Å². The molecule has 0 aliphatic heterocycles. The van der Waals surface area contributed by atoms with E-state index in [1.807, 2.05) is 0 Å². The molecule has 1 N–H and O–H groups in total. The summed E-state index contributed by atoms with van der Waals surface area (Å²) in [6.07, 6.45) is 31.3. The summed E-state index contributed by atoms with van der Waals surface area (Å²) in [5.74, 6) is -0.451. The maximum atomic E-state index is 10.5. The standard InChI is InChI=1S/C28H58O4S.Na/c1-2-3-4-5-6-7-8-9-10-11-12-13-14-15-16-17-18-19-20-21-22-23-24-25-28(29)26-27-33(30,31)32;/h28-29H,2-27H2,1H3,(H,30,31,32);/q;+1/p-1. The number of aliphatic hydroxyl groups is 1. The van der Waals surface area contributed by atoms with Crippen LogP contribution in [0.4, 0.5) is 0 Å². The average Bonchev–Trinajstić information content (AvgIpc) is 2.77. The molecule has 34 heavy (non-hydrogen) atoms. The summed E-state index contributed by atoms with van der Waals surface area (Å²) >= 11 is 0. The van der Waals surface area contributed by atoms with Gasteiger partial charge in [0.1, 0.15) is 0 Å². The van der Waals surface area contributed by atoms with Gasteiger partial charge in [-0.25, -0.2) is 8.42 Å². The summed E-state index contributed by atoms with van der Waals surface area (Å²) in [5, 5.41) is 9.68. The van der Waals surface area contributed by atoms with Gasteiger partial charge in [0.2, 0.25) is 0 Å². The number of hydrogen-bond acceptors (Lipinski definition) is 4. The minimum Gasteiger partial charge on any atom is -0.748 e. The van der Waals surface area contributed by atoms with Crippen molar-refractivity contribution in [2.75, 3.05) is 5.75 Å². The predicted molar refractivity (Wildman–Crippen MR) is 142 cm³/mol. The fourth-order valence-electron chi connectivity index (χ4n) is 4.59. The van der Waals surface area contributed by atoms with Gasteiger partial charge in [0, 0.05) is 5.75 Å². The van der Waals surface area contributed by atoms with Crippen LogP contribution in [0, 0.1) is 0 Å². The van der Waals surface area contributed by atoms with Crippen molar-refractivity contribution in [2.24, 2.45) is 0 Å². The SMILES string of the molecule is CCCCCCCCCCCCCCCCCCCCCCCCCC(O)CCS(=O)(=O)[O-].[Na+]. The van der Waals surface area contributed by atoms with Crippen molar-refractivity contribution in [3.05, 3.63) is 0 Å². The third-order valence-corrected chi connectivity index (χ3v) is 7.58. The predicted octanol–water partition coefficient (Wildman–Crippen LogP) is 5.67. The van der Waals surface area contributed by atoms with Gasteiger partial charge in [-0.2, -0.15) is 0 Å². The van der Waals surface area contributed by atoms with Crippen LogP contribution in [0.1, 0.15) is 167 Å². The van der Waals surface area contributed by atoms with Crippen LogP contribution in [0.2, 0.25) is 0 Å². The van der Waals surface area contributed by atoms with Gasteiger partial charge < -0.3 is 9.66 Å². The molecule has 0 aromatic heterocycles. The Morgan fingerprint density at radius 2 is 0.794 bits per heavy atom. The minimum atomic E-state index is -4.20. The van der Waals surface area contributed by atoms with Crippen molar-refractivity contribution in [1.29, 1.82) is 0 Å². The van der Waals surface area contributed by atoms with E-state index in [1.54, 1.807) is 0 Å². The van der Waals surface area contributed by atoms with Gasteiger partial charge in [0.25, 0.3) is 0 Å². The smallest absolute Gasteiger partial charge is 0.748 e. The normalized spacial score (nSPS) is 12.6. The van der Waals surface area contributed by atoms with Crippen molar-refractivity contribution in [1.82, 2.24) is 0 Å². The Bertz CT molecular complexity index is 485. The van der Waals surface area contributed by atoms with Crippen LogP contribution >= 0.6 is 0 Å². The molecule has 0 saturated heterocycles. The molecule has 0 aromatic carbocycles. The fraction of sp³-hybridized carbons (Fsp3) is 1.00. The topological polar surface area (TPSA) is 77.4 Å². The van der Waals surface area contributed by atoms with Crippen molar-refractivity contribution in [3.63, 3.8) is 0 Å². The van der Waals surface area contributed by atoms with Crippen LogP contribution in [0.3, 0.4) is 0 Å². The molecule has 0 aliphatic carbocycles. The second-order valence-electron chi connectivity index (χ2n) is 10.3. The summed E-state index contributed by atoms with van der Waals surface area (Å²) in [5.41, 5.74) is 0. The molecule has 0 heterocycles. The number of rotatable bonds is 27. The third kappa shape index (κ3) is 32.9. The molecule has 0 aliphatic rings. The van der Waals surface area contributed by atoms with Crippen LogP contribution in [0.25, 0.3) is 0 Å². The molecular weight excluding hydrogens is 455 g/mol. The largest absolute Gasteiger partial charge is 1.00 e. The molecule has 200 valence electrons. The van der Waals surface area contributed by atoms with E-state index < -0.39 is 22.0 Å². The number of aliphatic hydroxyl groups excluding tert-OH is 1. The Balaban J connectivity index is 0. The monoisotopic (exact) mass is 512 g/mol. The van der Waals surface area contributed by atoms with Gasteiger partial charge in [0.15, 0.2) is 0 Å². The van der Waals surface area contributed by atoms with E-state index in [1.165, 1.54) is 135 Å². The van der Waals surface area contributed by atoms with E-state index in [9.17, 15) is 18.1 Å². The molecule has 0 rings (SSSR count). The molecule has 0 radical (unpaired) electrons. The molecule has 0 saturated carbocycles. The van der Waals surface area contributed by atoms with E-state index >= 15 is 0 Å². The van der Waals surface area contributed by atoms with Gasteiger partial charge in [0.05, 0.1) is 16.2 Å². The molecule has 0 amide bonds. The summed E-state index contributed by atoms with van der Waals surface area (Å²) in [7, 11) is -4.20. The van der Waals surface area contributed by atoms with E-state index in [2.05, 4.69) is 6.92 Å². The van der Waals surface area contributed by atoms with Crippen molar-refractivity contribution >= 4 is 10.1 Å². The first kappa shape index (κ1) is 37.0. The maximum absolute atomic E-state index is 10.5. The first-order valence-electron chi connectivity index (χ1n) is 14.6. The van der Waals surface area contributed by atoms with Crippen LogP contribution in [0.15, 0.2) is 0 Å². The van der Waals surface area contributed by atoms with Gasteiger partial charge in [-0.05, 0) is 12.8 Å². The molecule has 0 spiro atoms. The van der Waals surface area contributed by atoms with E-state index in [-0.39, 0.29) is 36.0 Å².